The average Bonchev–Trinajstić information content (AvgIpc) is 3.07. The van der Waals surface area contributed by atoms with E-state index in [1.165, 1.54) is 16.7 Å². The summed E-state index contributed by atoms with van der Waals surface area (Å²) in [4.78, 5) is 29.0. The maximum Gasteiger partial charge on any atom is 0.405 e. The van der Waals surface area contributed by atoms with Gasteiger partial charge in [-0.1, -0.05) is 44.0 Å². The van der Waals surface area contributed by atoms with Gasteiger partial charge in [0.25, 0.3) is 5.91 Å². The first kappa shape index (κ1) is 24.5. The highest BCUT2D eigenvalue weighted by Gasteiger charge is 2.28. The molecule has 6 nitrogen and oxygen atoms in total. The maximum atomic E-state index is 14.2. The minimum Gasteiger partial charge on any atom is -0.465 e. The Morgan fingerprint density at radius 3 is 2.59 bits per heavy atom. The van der Waals surface area contributed by atoms with Crippen LogP contribution in [-0.4, -0.2) is 32.7 Å². The Labute approximate surface area is 202 Å². The summed E-state index contributed by atoms with van der Waals surface area (Å²) < 4.78 is 16.2. The molecule has 0 aliphatic rings. The van der Waals surface area contributed by atoms with E-state index in [-0.39, 0.29) is 10.9 Å². The van der Waals surface area contributed by atoms with Crippen molar-refractivity contribution in [3.8, 4) is 0 Å². The van der Waals surface area contributed by atoms with Gasteiger partial charge in [0.05, 0.1) is 5.02 Å². The van der Waals surface area contributed by atoms with Gasteiger partial charge in [0.2, 0.25) is 0 Å². The summed E-state index contributed by atoms with van der Waals surface area (Å²) in [5.41, 5.74) is 1.39. The monoisotopic (exact) mass is 543 g/mol. The summed E-state index contributed by atoms with van der Waals surface area (Å²) in [6.07, 6.45) is 2.16. The summed E-state index contributed by atoms with van der Waals surface area (Å²) in [5, 5.41) is 12.3. The van der Waals surface area contributed by atoms with Crippen molar-refractivity contribution in [1.82, 2.24) is 14.9 Å². The van der Waals surface area contributed by atoms with Crippen molar-refractivity contribution in [3.63, 3.8) is 0 Å². The second kappa shape index (κ2) is 9.77. The molecule has 2 atom stereocenters. The standard InChI is InChI=1S/C22H21BrCl2FN3O3/c1-10(2)6-17(28-22(31)32)21(30)29-9-14(13-7-12(23)8-27-20(13)29)11(3)18-15(24)4-5-16(26)19(18)25/h4-5,7-11,17,28H,6H2,1-3H3,(H,31,32)/t11-,17+/m1/s1. The van der Waals surface area contributed by atoms with Crippen molar-refractivity contribution in [2.75, 3.05) is 0 Å². The van der Waals surface area contributed by atoms with Crippen LogP contribution >= 0.6 is 39.1 Å². The van der Waals surface area contributed by atoms with E-state index >= 15 is 0 Å². The van der Waals surface area contributed by atoms with E-state index in [4.69, 9.17) is 23.2 Å². The predicted octanol–water partition coefficient (Wildman–Crippen LogP) is 6.72. The predicted molar refractivity (Wildman–Crippen MR) is 126 cm³/mol. The van der Waals surface area contributed by atoms with Crippen LogP contribution in [0.25, 0.3) is 11.0 Å². The largest absolute Gasteiger partial charge is 0.465 e. The Morgan fingerprint density at radius 1 is 1.28 bits per heavy atom. The van der Waals surface area contributed by atoms with Crippen LogP contribution in [0.2, 0.25) is 10.0 Å². The van der Waals surface area contributed by atoms with E-state index in [9.17, 15) is 19.1 Å². The fourth-order valence-corrected chi connectivity index (χ4v) is 4.75. The molecule has 1 aromatic carbocycles. The summed E-state index contributed by atoms with van der Waals surface area (Å²) in [7, 11) is 0. The van der Waals surface area contributed by atoms with E-state index < -0.39 is 29.8 Å². The number of hydrogen-bond acceptors (Lipinski definition) is 3. The van der Waals surface area contributed by atoms with Crippen LogP contribution < -0.4 is 5.32 Å². The molecule has 2 aromatic heterocycles. The van der Waals surface area contributed by atoms with E-state index in [1.807, 2.05) is 13.8 Å². The molecule has 170 valence electrons. The first-order valence-electron chi connectivity index (χ1n) is 9.84. The molecule has 2 heterocycles. The van der Waals surface area contributed by atoms with Crippen LogP contribution in [0, 0.1) is 11.7 Å². The molecule has 0 radical (unpaired) electrons. The minimum atomic E-state index is -1.29. The van der Waals surface area contributed by atoms with Gasteiger partial charge in [-0.05, 0) is 57.6 Å². The molecular formula is C22H21BrCl2FN3O3. The second-order valence-electron chi connectivity index (χ2n) is 7.93. The average molecular weight is 545 g/mol. The molecular weight excluding hydrogens is 524 g/mol. The lowest BCUT2D eigenvalue weighted by Gasteiger charge is -2.18. The van der Waals surface area contributed by atoms with E-state index in [0.717, 1.165) is 0 Å². The number of amides is 1. The molecule has 1 amide bonds. The third-order valence-corrected chi connectivity index (χ3v) is 6.31. The number of nitrogens with one attached hydrogen (secondary N) is 1. The zero-order valence-corrected chi connectivity index (χ0v) is 20.6. The first-order valence-corrected chi connectivity index (χ1v) is 11.4. The number of carbonyl (C=O) groups excluding carboxylic acids is 1. The van der Waals surface area contributed by atoms with E-state index in [1.54, 1.807) is 25.4 Å². The normalized spacial score (nSPS) is 13.4. The fraction of sp³-hybridized carbons (Fsp3) is 0.318. The number of pyridine rings is 1. The third-order valence-electron chi connectivity index (χ3n) is 5.16. The first-order chi connectivity index (χ1) is 15.0. The number of carbonyl (C=O) groups is 2. The molecule has 0 fully saturated rings. The lowest BCUT2D eigenvalue weighted by molar-refractivity contribution is 0.0845. The molecule has 0 bridgehead atoms. The zero-order chi connectivity index (χ0) is 23.7. The molecule has 0 saturated carbocycles. The van der Waals surface area contributed by atoms with Gasteiger partial charge in [-0.2, -0.15) is 0 Å². The summed E-state index contributed by atoms with van der Waals surface area (Å²) in [6.45, 7) is 5.60. The summed E-state index contributed by atoms with van der Waals surface area (Å²) >= 11 is 16.0. The fourth-order valence-electron chi connectivity index (χ4n) is 3.72. The number of carboxylic acid groups (broad SMARTS) is 1. The summed E-state index contributed by atoms with van der Waals surface area (Å²) in [6, 6.07) is 3.46. The quantitative estimate of drug-likeness (QED) is 0.337. The van der Waals surface area contributed by atoms with Gasteiger partial charge in [-0.25, -0.2) is 14.2 Å². The highest BCUT2D eigenvalue weighted by atomic mass is 79.9. The lowest BCUT2D eigenvalue weighted by Crippen LogP contribution is -2.43. The lowest BCUT2D eigenvalue weighted by atomic mass is 9.93. The molecule has 3 rings (SSSR count). The van der Waals surface area contributed by atoms with Crippen molar-refractivity contribution < 1.29 is 19.1 Å². The van der Waals surface area contributed by atoms with Crippen LogP contribution in [-0.2, 0) is 0 Å². The van der Waals surface area contributed by atoms with E-state index in [0.29, 0.717) is 38.1 Å². The van der Waals surface area contributed by atoms with Crippen LogP contribution in [0.15, 0.2) is 35.1 Å². The molecule has 0 saturated heterocycles. The molecule has 2 N–H and O–H groups in total. The molecule has 0 unspecified atom stereocenters. The van der Waals surface area contributed by atoms with Crippen LogP contribution in [0.4, 0.5) is 9.18 Å². The number of hydrogen-bond donors (Lipinski definition) is 2. The van der Waals surface area contributed by atoms with Gasteiger partial charge in [0.1, 0.15) is 17.5 Å². The molecule has 3 aromatic rings. The van der Waals surface area contributed by atoms with Crippen LogP contribution in [0.5, 0.6) is 0 Å². The number of benzene rings is 1. The third kappa shape index (κ3) is 4.92. The minimum absolute atomic E-state index is 0.0723. The Kier molecular flexibility index (Phi) is 7.47. The van der Waals surface area contributed by atoms with Gasteiger partial charge in [0, 0.05) is 33.2 Å². The molecule has 0 spiro atoms. The van der Waals surface area contributed by atoms with Gasteiger partial charge in [0.15, 0.2) is 0 Å². The smallest absolute Gasteiger partial charge is 0.405 e. The number of nitrogens with zero attached hydrogens (tertiary/aromatic N) is 2. The van der Waals surface area contributed by atoms with Gasteiger partial charge < -0.3 is 10.4 Å². The van der Waals surface area contributed by atoms with Crippen molar-refractivity contribution in [2.45, 2.75) is 39.2 Å². The van der Waals surface area contributed by atoms with Gasteiger partial charge >= 0.3 is 6.09 Å². The Balaban J connectivity index is 2.18. The highest BCUT2D eigenvalue weighted by Crippen LogP contribution is 2.40. The Bertz CT molecular complexity index is 1200. The van der Waals surface area contributed by atoms with Gasteiger partial charge in [-0.3, -0.25) is 9.36 Å². The van der Waals surface area contributed by atoms with Crippen molar-refractivity contribution >= 4 is 62.2 Å². The Hall–Kier alpha value is -2.16. The highest BCUT2D eigenvalue weighted by molar-refractivity contribution is 9.10. The van der Waals surface area contributed by atoms with Gasteiger partial charge in [-0.15, -0.1) is 0 Å². The molecule has 10 heteroatoms. The second-order valence-corrected chi connectivity index (χ2v) is 9.63. The van der Waals surface area contributed by atoms with Crippen molar-refractivity contribution in [1.29, 1.82) is 0 Å². The Morgan fingerprint density at radius 2 is 1.97 bits per heavy atom. The topological polar surface area (TPSA) is 84.2 Å². The SMILES string of the molecule is CC(C)C[C@H](NC(=O)O)C(=O)n1cc([C@@H](C)c2c(Cl)ccc(F)c2Cl)c2cc(Br)cnc21. The molecule has 0 aliphatic heterocycles. The number of rotatable bonds is 6. The molecule has 0 aliphatic carbocycles. The molecule has 32 heavy (non-hydrogen) atoms. The van der Waals surface area contributed by atoms with Crippen molar-refractivity contribution in [3.05, 3.63) is 62.1 Å². The maximum absolute atomic E-state index is 14.2. The van der Waals surface area contributed by atoms with Crippen molar-refractivity contribution in [2.24, 2.45) is 5.92 Å². The summed E-state index contributed by atoms with van der Waals surface area (Å²) in [5.74, 6) is -1.46. The number of aromatic nitrogens is 2. The number of fused-ring (bicyclic) bond motifs is 1. The van der Waals surface area contributed by atoms with Crippen LogP contribution in [0.3, 0.4) is 0 Å². The zero-order valence-electron chi connectivity index (χ0n) is 17.5. The van der Waals surface area contributed by atoms with E-state index in [2.05, 4.69) is 26.2 Å². The van der Waals surface area contributed by atoms with Crippen LogP contribution in [0.1, 0.15) is 49.0 Å². The number of halogens is 4.